The van der Waals surface area contributed by atoms with Crippen LogP contribution in [0.4, 0.5) is 11.4 Å². The van der Waals surface area contributed by atoms with Gasteiger partial charge < -0.3 is 14.8 Å². The van der Waals surface area contributed by atoms with E-state index in [0.29, 0.717) is 16.4 Å². The van der Waals surface area contributed by atoms with E-state index in [1.165, 1.54) is 37.4 Å². The lowest BCUT2D eigenvalue weighted by Gasteiger charge is -2.34. The predicted octanol–water partition coefficient (Wildman–Crippen LogP) is 3.72. The summed E-state index contributed by atoms with van der Waals surface area (Å²) < 4.78 is 38.4. The number of amides is 1. The third kappa shape index (κ3) is 4.64. The Kier molecular flexibility index (Phi) is 6.26. The normalized spacial score (nSPS) is 15.2. The molecule has 0 radical (unpaired) electrons. The van der Waals surface area contributed by atoms with Gasteiger partial charge in [-0.15, -0.1) is 0 Å². The Labute approximate surface area is 195 Å². The molecule has 0 unspecified atom stereocenters. The highest BCUT2D eigenvalue weighted by molar-refractivity contribution is 7.92. The molecule has 1 aliphatic rings. The van der Waals surface area contributed by atoms with Crippen molar-refractivity contribution in [3.8, 4) is 5.75 Å². The molecule has 0 fully saturated rings. The number of carbonyl (C=O) groups excluding carboxylic acids is 2. The number of ether oxygens (including phenoxy) is 2. The second-order valence-electron chi connectivity index (χ2n) is 7.13. The van der Waals surface area contributed by atoms with Crippen molar-refractivity contribution in [2.75, 3.05) is 23.3 Å². The number of fused-ring (bicyclic) bond motifs is 1. The van der Waals surface area contributed by atoms with Crippen LogP contribution in [0.15, 0.2) is 77.7 Å². The topological polar surface area (TPSA) is 102 Å². The van der Waals surface area contributed by atoms with Gasteiger partial charge in [-0.25, -0.2) is 13.2 Å². The zero-order valence-electron chi connectivity index (χ0n) is 17.4. The molecule has 1 atom stereocenters. The van der Waals surface area contributed by atoms with Gasteiger partial charge in [0.25, 0.3) is 15.9 Å². The smallest absolute Gasteiger partial charge is 0.337 e. The second kappa shape index (κ2) is 9.13. The van der Waals surface area contributed by atoms with Crippen molar-refractivity contribution in [1.29, 1.82) is 0 Å². The summed E-state index contributed by atoms with van der Waals surface area (Å²) in [5, 5.41) is 3.08. The number of sulfonamides is 1. The maximum absolute atomic E-state index is 13.4. The lowest BCUT2D eigenvalue weighted by Crippen LogP contribution is -2.48. The van der Waals surface area contributed by atoms with Crippen LogP contribution in [0.5, 0.6) is 5.75 Å². The van der Waals surface area contributed by atoms with Gasteiger partial charge in [0.2, 0.25) is 0 Å². The average Bonchev–Trinajstić information content (AvgIpc) is 2.83. The quantitative estimate of drug-likeness (QED) is 0.551. The first-order valence-corrected chi connectivity index (χ1v) is 11.6. The molecule has 4 rings (SSSR count). The van der Waals surface area contributed by atoms with Gasteiger partial charge in [-0.1, -0.05) is 29.8 Å². The summed E-state index contributed by atoms with van der Waals surface area (Å²) in [6, 6.07) is 18.6. The molecule has 1 N–H and O–H groups in total. The van der Waals surface area contributed by atoms with Crippen molar-refractivity contribution < 1.29 is 27.5 Å². The van der Waals surface area contributed by atoms with E-state index in [4.69, 9.17) is 21.1 Å². The molecule has 33 heavy (non-hydrogen) atoms. The minimum Gasteiger partial charge on any atom is -0.476 e. The van der Waals surface area contributed by atoms with E-state index in [-0.39, 0.29) is 22.8 Å². The minimum absolute atomic E-state index is 0.0357. The molecule has 0 aromatic heterocycles. The summed E-state index contributed by atoms with van der Waals surface area (Å²) in [6.07, 6.45) is -1.14. The van der Waals surface area contributed by atoms with Crippen LogP contribution in [0.1, 0.15) is 10.4 Å². The van der Waals surface area contributed by atoms with Crippen molar-refractivity contribution in [3.05, 3.63) is 83.4 Å². The van der Waals surface area contributed by atoms with E-state index in [9.17, 15) is 18.0 Å². The Morgan fingerprint density at radius 2 is 1.79 bits per heavy atom. The highest BCUT2D eigenvalue weighted by Crippen LogP contribution is 2.37. The van der Waals surface area contributed by atoms with E-state index < -0.39 is 28.0 Å². The van der Waals surface area contributed by atoms with E-state index in [0.717, 1.165) is 4.31 Å². The number of anilines is 2. The van der Waals surface area contributed by atoms with Crippen LogP contribution in [0, 0.1) is 0 Å². The van der Waals surface area contributed by atoms with Gasteiger partial charge in [0.1, 0.15) is 5.75 Å². The molecule has 0 saturated carbocycles. The molecule has 10 heteroatoms. The van der Waals surface area contributed by atoms with E-state index in [1.54, 1.807) is 42.5 Å². The summed E-state index contributed by atoms with van der Waals surface area (Å²) in [4.78, 5) is 24.8. The lowest BCUT2D eigenvalue weighted by atomic mass is 10.2. The number of hydrogen-bond acceptors (Lipinski definition) is 6. The molecule has 0 bridgehead atoms. The number of hydrogen-bond donors (Lipinski definition) is 1. The average molecular weight is 487 g/mol. The van der Waals surface area contributed by atoms with Gasteiger partial charge in [-0.05, 0) is 54.6 Å². The fourth-order valence-electron chi connectivity index (χ4n) is 3.36. The number of nitrogens with one attached hydrogen (secondary N) is 1. The maximum Gasteiger partial charge on any atom is 0.337 e. The van der Waals surface area contributed by atoms with Gasteiger partial charge in [0, 0.05) is 10.7 Å². The highest BCUT2D eigenvalue weighted by atomic mass is 35.5. The Balaban J connectivity index is 1.63. The van der Waals surface area contributed by atoms with Crippen molar-refractivity contribution in [1.82, 2.24) is 0 Å². The summed E-state index contributed by atoms with van der Waals surface area (Å²) in [6.45, 7) is -0.246. The molecule has 0 aliphatic carbocycles. The first kappa shape index (κ1) is 22.6. The summed E-state index contributed by atoms with van der Waals surface area (Å²) in [5.74, 6) is -0.859. The number of methoxy groups -OCH3 is 1. The molecule has 3 aromatic rings. The standard InChI is InChI=1S/C23H19ClN2O6S/c1-31-23(28)15-5-4-6-17(13-15)25-22(27)21-14-26(19-7-2-3-8-20(19)32-21)33(29,30)18-11-9-16(24)10-12-18/h2-13,21H,14H2,1H3,(H,25,27)/t21-/m1/s1. The Morgan fingerprint density at radius 3 is 2.52 bits per heavy atom. The molecule has 3 aromatic carbocycles. The molecule has 170 valence electrons. The van der Waals surface area contributed by atoms with E-state index in [2.05, 4.69) is 5.32 Å². The maximum atomic E-state index is 13.4. The van der Waals surface area contributed by atoms with Crippen LogP contribution in [0.2, 0.25) is 5.02 Å². The molecule has 1 amide bonds. The third-order valence-electron chi connectivity index (χ3n) is 4.98. The van der Waals surface area contributed by atoms with Gasteiger partial charge in [0.05, 0.1) is 29.8 Å². The van der Waals surface area contributed by atoms with Crippen LogP contribution < -0.4 is 14.4 Å². The zero-order valence-corrected chi connectivity index (χ0v) is 19.0. The Morgan fingerprint density at radius 1 is 1.06 bits per heavy atom. The van der Waals surface area contributed by atoms with Crippen LogP contribution in [0.3, 0.4) is 0 Å². The van der Waals surface area contributed by atoms with Crippen LogP contribution in [0.25, 0.3) is 0 Å². The fraction of sp³-hybridized carbons (Fsp3) is 0.130. The zero-order chi connectivity index (χ0) is 23.6. The van der Waals surface area contributed by atoms with Gasteiger partial charge in [0.15, 0.2) is 6.10 Å². The molecule has 1 aliphatic heterocycles. The van der Waals surface area contributed by atoms with Crippen molar-refractivity contribution in [2.45, 2.75) is 11.0 Å². The predicted molar refractivity (Wildman–Crippen MR) is 123 cm³/mol. The number of esters is 1. The summed E-state index contributed by atoms with van der Waals surface area (Å²) in [5.41, 5.74) is 0.929. The van der Waals surface area contributed by atoms with E-state index in [1.807, 2.05) is 0 Å². The van der Waals surface area contributed by atoms with Crippen LogP contribution in [-0.4, -0.2) is 40.1 Å². The Bertz CT molecular complexity index is 1310. The number of para-hydroxylation sites is 2. The molecular weight excluding hydrogens is 468 g/mol. The fourth-order valence-corrected chi connectivity index (χ4v) is 4.97. The van der Waals surface area contributed by atoms with E-state index >= 15 is 0 Å². The van der Waals surface area contributed by atoms with Crippen LogP contribution >= 0.6 is 11.6 Å². The van der Waals surface area contributed by atoms with Gasteiger partial charge in [-0.3, -0.25) is 9.10 Å². The SMILES string of the molecule is COC(=O)c1cccc(NC(=O)[C@H]2CN(S(=O)(=O)c3ccc(Cl)cc3)c3ccccc3O2)c1. The van der Waals surface area contributed by atoms with Gasteiger partial charge in [-0.2, -0.15) is 0 Å². The first-order chi connectivity index (χ1) is 15.8. The molecular formula is C23H19ClN2O6S. The summed E-state index contributed by atoms with van der Waals surface area (Å²) >= 11 is 5.90. The van der Waals surface area contributed by atoms with Crippen molar-refractivity contribution >= 4 is 44.9 Å². The Hall–Kier alpha value is -3.56. The van der Waals surface area contributed by atoms with Crippen molar-refractivity contribution in [2.24, 2.45) is 0 Å². The molecule has 8 nitrogen and oxygen atoms in total. The number of carbonyl (C=O) groups is 2. The molecule has 0 spiro atoms. The molecule has 1 heterocycles. The van der Waals surface area contributed by atoms with Crippen molar-refractivity contribution in [3.63, 3.8) is 0 Å². The lowest BCUT2D eigenvalue weighted by molar-refractivity contribution is -0.122. The number of halogens is 1. The number of rotatable bonds is 5. The first-order valence-electron chi connectivity index (χ1n) is 9.83. The highest BCUT2D eigenvalue weighted by Gasteiger charge is 2.37. The second-order valence-corrected chi connectivity index (χ2v) is 9.42. The minimum atomic E-state index is -4.00. The van der Waals surface area contributed by atoms with Crippen LogP contribution in [-0.2, 0) is 19.6 Å². The number of benzene rings is 3. The largest absolute Gasteiger partial charge is 0.476 e. The third-order valence-corrected chi connectivity index (χ3v) is 7.03. The van der Waals surface area contributed by atoms with Gasteiger partial charge >= 0.3 is 5.97 Å². The summed E-state index contributed by atoms with van der Waals surface area (Å²) in [7, 11) is -2.74. The number of nitrogens with zero attached hydrogens (tertiary/aromatic N) is 1. The molecule has 0 saturated heterocycles. The monoisotopic (exact) mass is 486 g/mol.